The zero-order chi connectivity index (χ0) is 17.0. The van der Waals surface area contributed by atoms with Crippen LogP contribution in [0.4, 0.5) is 26.3 Å². The summed E-state index contributed by atoms with van der Waals surface area (Å²) in [5.74, 6) is -2.31. The Morgan fingerprint density at radius 2 is 1.86 bits per heavy atom. The number of thiazole rings is 1. The second kappa shape index (κ2) is 7.09. The number of carboxylic acid groups (broad SMARTS) is 1. The molecule has 11 heteroatoms. The third-order valence-corrected chi connectivity index (χ3v) is 3.36. The molecule has 0 spiro atoms. The summed E-state index contributed by atoms with van der Waals surface area (Å²) in [6.07, 6.45) is -4.52. The van der Waals surface area contributed by atoms with Crippen LogP contribution in [-0.4, -0.2) is 35.3 Å². The van der Waals surface area contributed by atoms with E-state index in [1.54, 1.807) is 6.08 Å². The predicted octanol–water partition coefficient (Wildman–Crippen LogP) is 3.03. The predicted molar refractivity (Wildman–Crippen MR) is 66.2 cm³/mol. The number of nitrogens with one attached hydrogen (secondary N) is 1. The Labute approximate surface area is 124 Å². The lowest BCUT2D eigenvalue weighted by molar-refractivity contribution is -0.192. The van der Waals surface area contributed by atoms with Crippen molar-refractivity contribution in [2.75, 3.05) is 13.1 Å². The lowest BCUT2D eigenvalue weighted by Gasteiger charge is -2.23. The SMILES string of the molecule is FC(F)(F)c1ncc(C=CC2CNC2)s1.O=C(O)C(F)(F)F. The molecule has 0 aromatic carbocycles. The van der Waals surface area contributed by atoms with E-state index in [0.717, 1.165) is 13.1 Å². The largest absolute Gasteiger partial charge is 0.490 e. The molecule has 124 valence electrons. The van der Waals surface area contributed by atoms with Crippen molar-refractivity contribution in [3.63, 3.8) is 0 Å². The molecule has 1 saturated heterocycles. The maximum absolute atomic E-state index is 12.2. The zero-order valence-electron chi connectivity index (χ0n) is 10.7. The highest BCUT2D eigenvalue weighted by Gasteiger charge is 2.38. The lowest BCUT2D eigenvalue weighted by Crippen LogP contribution is -2.40. The van der Waals surface area contributed by atoms with Crippen molar-refractivity contribution in [2.24, 2.45) is 5.92 Å². The highest BCUT2D eigenvalue weighted by molar-refractivity contribution is 7.12. The van der Waals surface area contributed by atoms with Gasteiger partial charge in [0.15, 0.2) is 5.01 Å². The Morgan fingerprint density at radius 1 is 1.32 bits per heavy atom. The first-order valence-electron chi connectivity index (χ1n) is 5.72. The highest BCUT2D eigenvalue weighted by Crippen LogP contribution is 2.32. The van der Waals surface area contributed by atoms with Gasteiger partial charge in [0.2, 0.25) is 0 Å². The summed E-state index contributed by atoms with van der Waals surface area (Å²) in [4.78, 5) is 12.8. The van der Waals surface area contributed by atoms with Crippen LogP contribution in [-0.2, 0) is 11.0 Å². The monoisotopic (exact) mass is 348 g/mol. The number of hydrogen-bond donors (Lipinski definition) is 2. The van der Waals surface area contributed by atoms with Crippen molar-refractivity contribution in [2.45, 2.75) is 12.4 Å². The normalized spacial score (nSPS) is 16.1. The van der Waals surface area contributed by atoms with E-state index < -0.39 is 23.3 Å². The van der Waals surface area contributed by atoms with Gasteiger partial charge in [-0.1, -0.05) is 6.08 Å². The molecule has 1 aliphatic heterocycles. The third kappa shape index (κ3) is 6.02. The third-order valence-electron chi connectivity index (χ3n) is 2.35. The van der Waals surface area contributed by atoms with Crippen LogP contribution in [0.3, 0.4) is 0 Å². The topological polar surface area (TPSA) is 62.2 Å². The van der Waals surface area contributed by atoms with Gasteiger partial charge in [0.25, 0.3) is 0 Å². The number of nitrogens with zero attached hydrogens (tertiary/aromatic N) is 1. The van der Waals surface area contributed by atoms with Gasteiger partial charge in [-0.2, -0.15) is 26.3 Å². The molecule has 1 aromatic heterocycles. The second-order valence-electron chi connectivity index (χ2n) is 4.15. The van der Waals surface area contributed by atoms with Crippen molar-refractivity contribution in [3.05, 3.63) is 22.2 Å². The van der Waals surface area contributed by atoms with E-state index in [2.05, 4.69) is 10.3 Å². The first-order valence-corrected chi connectivity index (χ1v) is 6.54. The van der Waals surface area contributed by atoms with E-state index in [1.807, 2.05) is 6.08 Å². The Bertz CT molecular complexity index is 533. The first-order chi connectivity index (χ1) is 10.00. The highest BCUT2D eigenvalue weighted by atomic mass is 32.1. The smallest absolute Gasteiger partial charge is 0.475 e. The number of hydrogen-bond acceptors (Lipinski definition) is 4. The Morgan fingerprint density at radius 3 is 2.18 bits per heavy atom. The van der Waals surface area contributed by atoms with Crippen molar-refractivity contribution < 1.29 is 36.2 Å². The fourth-order valence-corrected chi connectivity index (χ4v) is 1.87. The Balaban J connectivity index is 0.000000295. The summed E-state index contributed by atoms with van der Waals surface area (Å²) >= 11 is 0.673. The van der Waals surface area contributed by atoms with Crippen molar-refractivity contribution in [1.29, 1.82) is 0 Å². The van der Waals surface area contributed by atoms with Gasteiger partial charge in [-0.25, -0.2) is 9.78 Å². The lowest BCUT2D eigenvalue weighted by atomic mass is 10.0. The fourth-order valence-electron chi connectivity index (χ4n) is 1.17. The minimum Gasteiger partial charge on any atom is -0.475 e. The average Bonchev–Trinajstić information content (AvgIpc) is 2.74. The van der Waals surface area contributed by atoms with Gasteiger partial charge in [0.05, 0.1) is 0 Å². The molecule has 0 unspecified atom stereocenters. The minimum atomic E-state index is -5.08. The molecular formula is C11H10F6N2O2S. The van der Waals surface area contributed by atoms with E-state index in [9.17, 15) is 26.3 Å². The average molecular weight is 348 g/mol. The summed E-state index contributed by atoms with van der Waals surface area (Å²) in [6.45, 7) is 1.81. The van der Waals surface area contributed by atoms with Crippen molar-refractivity contribution in [3.8, 4) is 0 Å². The van der Waals surface area contributed by atoms with Gasteiger partial charge in [-0.3, -0.25) is 0 Å². The van der Waals surface area contributed by atoms with Gasteiger partial charge < -0.3 is 10.4 Å². The number of carbonyl (C=O) groups is 1. The maximum atomic E-state index is 12.2. The van der Waals surface area contributed by atoms with Crippen LogP contribution >= 0.6 is 11.3 Å². The maximum Gasteiger partial charge on any atom is 0.490 e. The molecule has 1 fully saturated rings. The molecule has 1 aliphatic rings. The fraction of sp³-hybridized carbons (Fsp3) is 0.455. The summed E-state index contributed by atoms with van der Waals surface area (Å²) in [7, 11) is 0. The molecule has 1 aromatic rings. The number of halogens is 6. The van der Waals surface area contributed by atoms with E-state index in [1.165, 1.54) is 6.20 Å². The summed E-state index contributed by atoms with van der Waals surface area (Å²) < 4.78 is 68.3. The summed E-state index contributed by atoms with van der Waals surface area (Å²) in [5.41, 5.74) is 0. The standard InChI is InChI=1S/C9H9F3N2S.C2HF3O2/c10-9(11,12)8-14-5-7(15-8)2-1-6-3-13-4-6;3-2(4,5)1(6)7/h1-2,5-6,13H,3-4H2;(H,6,7). The molecule has 0 radical (unpaired) electrons. The van der Waals surface area contributed by atoms with Crippen molar-refractivity contribution in [1.82, 2.24) is 10.3 Å². The molecule has 2 heterocycles. The van der Waals surface area contributed by atoms with E-state index >= 15 is 0 Å². The molecule has 0 aliphatic carbocycles. The van der Waals surface area contributed by atoms with E-state index in [4.69, 9.17) is 9.90 Å². The molecule has 22 heavy (non-hydrogen) atoms. The zero-order valence-corrected chi connectivity index (χ0v) is 11.5. The van der Waals surface area contributed by atoms with Gasteiger partial charge in [-0.05, 0) is 6.08 Å². The number of aromatic nitrogens is 1. The molecular weight excluding hydrogens is 338 g/mol. The summed E-state index contributed by atoms with van der Waals surface area (Å²) in [6, 6.07) is 0. The van der Waals surface area contributed by atoms with Crippen LogP contribution in [0.2, 0.25) is 0 Å². The Kier molecular flexibility index (Phi) is 5.94. The quantitative estimate of drug-likeness (QED) is 0.807. The molecule has 0 bridgehead atoms. The first kappa shape index (κ1) is 18.4. The molecule has 0 saturated carbocycles. The molecule has 2 rings (SSSR count). The van der Waals surface area contributed by atoms with Gasteiger partial charge in [-0.15, -0.1) is 11.3 Å². The molecule has 0 amide bonds. The number of aliphatic carboxylic acids is 1. The number of alkyl halides is 6. The molecule has 2 N–H and O–H groups in total. The van der Waals surface area contributed by atoms with Crippen LogP contribution in [0.15, 0.2) is 12.3 Å². The van der Waals surface area contributed by atoms with Crippen LogP contribution in [0.25, 0.3) is 6.08 Å². The number of carboxylic acids is 1. The van der Waals surface area contributed by atoms with E-state index in [-0.39, 0.29) is 0 Å². The van der Waals surface area contributed by atoms with Crippen LogP contribution in [0.1, 0.15) is 9.88 Å². The molecule has 0 atom stereocenters. The van der Waals surface area contributed by atoms with Crippen molar-refractivity contribution >= 4 is 23.4 Å². The van der Waals surface area contributed by atoms with Crippen LogP contribution < -0.4 is 5.32 Å². The second-order valence-corrected chi connectivity index (χ2v) is 5.21. The van der Waals surface area contributed by atoms with Crippen LogP contribution in [0.5, 0.6) is 0 Å². The van der Waals surface area contributed by atoms with Gasteiger partial charge in [0.1, 0.15) is 0 Å². The Hall–Kier alpha value is -1.62. The minimum absolute atomic E-state index is 0.446. The van der Waals surface area contributed by atoms with Gasteiger partial charge in [0, 0.05) is 30.1 Å². The summed E-state index contributed by atoms with van der Waals surface area (Å²) in [5, 5.41) is 9.43. The van der Waals surface area contributed by atoms with Crippen LogP contribution in [0, 0.1) is 5.92 Å². The number of rotatable bonds is 2. The van der Waals surface area contributed by atoms with Gasteiger partial charge >= 0.3 is 18.3 Å². The molecule has 4 nitrogen and oxygen atoms in total. The van der Waals surface area contributed by atoms with E-state index in [0.29, 0.717) is 22.1 Å².